The first-order valence-electron chi connectivity index (χ1n) is 10.2. The highest BCUT2D eigenvalue weighted by Crippen LogP contribution is 2.22. The number of nitrogens with two attached hydrogens (primary N) is 2. The number of unbranched alkanes of at least 4 members (excludes halogenated alkanes) is 1. The van der Waals surface area contributed by atoms with Crippen LogP contribution in [0.15, 0.2) is 9.98 Å². The number of amidine groups is 1. The number of aliphatic hydroxyl groups is 2. The second-order valence-electron chi connectivity index (χ2n) is 7.71. The van der Waals surface area contributed by atoms with E-state index in [2.05, 4.69) is 15.3 Å². The van der Waals surface area contributed by atoms with Gasteiger partial charge in [-0.25, -0.2) is 4.99 Å². The molecule has 2 rings (SSSR count). The third-order valence-electron chi connectivity index (χ3n) is 5.24. The van der Waals surface area contributed by atoms with E-state index in [-0.39, 0.29) is 19.0 Å². The monoisotopic (exact) mass is 428 g/mol. The first-order chi connectivity index (χ1) is 14.2. The van der Waals surface area contributed by atoms with Crippen LogP contribution in [0.3, 0.4) is 0 Å². The lowest BCUT2D eigenvalue weighted by Crippen LogP contribution is -2.40. The molecule has 0 radical (unpaired) electrons. The predicted molar refractivity (Wildman–Crippen MR) is 109 cm³/mol. The summed E-state index contributed by atoms with van der Waals surface area (Å²) in [6, 6.07) is -2.19. The Morgan fingerprint density at radius 3 is 2.33 bits per heavy atom. The number of hydrogen-bond donors (Lipinski definition) is 7. The normalized spacial score (nSPS) is 25.6. The molecule has 3 unspecified atom stereocenters. The summed E-state index contributed by atoms with van der Waals surface area (Å²) in [7, 11) is 0. The Labute approximate surface area is 174 Å². The average molecular weight is 428 g/mol. The second-order valence-corrected chi connectivity index (χ2v) is 7.71. The van der Waals surface area contributed by atoms with Crippen molar-refractivity contribution in [1.82, 2.24) is 10.2 Å². The van der Waals surface area contributed by atoms with Crippen molar-refractivity contribution in [3.8, 4) is 0 Å². The molecular formula is C18H32N6O6. The molecule has 0 amide bonds. The molecular weight excluding hydrogens is 396 g/mol. The molecule has 2 aliphatic rings. The van der Waals surface area contributed by atoms with Crippen LogP contribution in [0.5, 0.6) is 0 Å². The first kappa shape index (κ1) is 24.0. The Morgan fingerprint density at radius 1 is 1.07 bits per heavy atom. The molecule has 12 nitrogen and oxygen atoms in total. The molecule has 2 heterocycles. The zero-order chi connectivity index (χ0) is 22.3. The molecule has 0 aromatic rings. The van der Waals surface area contributed by atoms with Crippen LogP contribution in [0, 0.1) is 0 Å². The maximum atomic E-state index is 10.8. The van der Waals surface area contributed by atoms with E-state index in [1.165, 1.54) is 0 Å². The molecule has 9 N–H and O–H groups in total. The fraction of sp³-hybridized carbons (Fsp3) is 0.778. The lowest BCUT2D eigenvalue weighted by atomic mass is 10.1. The third-order valence-corrected chi connectivity index (χ3v) is 5.24. The number of β-amino-alcohol motifs (C(OH)–C–C–N with tert-alkyl or cyclic N) is 1. The quantitative estimate of drug-likeness (QED) is 0.179. The standard InChI is InChI=1S/C18H32N6O6/c19-10(16(27)28)4-1-2-7-24-9-14(26)13(25)8-12-15(24)23-18(22-12)21-6-3-5-11(20)17(29)30/h10-14,25-26H,1-9,19-20H2,(H,21,22)(H,27,28)(H,29,30)/t10?,11?,12?,13-,14+/m0/s1. The number of aliphatic carboxylic acids is 2. The number of nitrogens with one attached hydrogen (secondary N) is 1. The van der Waals surface area contributed by atoms with Gasteiger partial charge in [-0.2, -0.15) is 4.99 Å². The molecule has 170 valence electrons. The van der Waals surface area contributed by atoms with Crippen LogP contribution in [-0.4, -0.2) is 99.0 Å². The second kappa shape index (κ2) is 11.2. The van der Waals surface area contributed by atoms with E-state index in [0.29, 0.717) is 57.0 Å². The number of fused-ring (bicyclic) bond motifs is 1. The Balaban J connectivity index is 1.90. The van der Waals surface area contributed by atoms with Gasteiger partial charge in [0.15, 0.2) is 0 Å². The van der Waals surface area contributed by atoms with Crippen LogP contribution in [0.2, 0.25) is 0 Å². The minimum Gasteiger partial charge on any atom is -0.480 e. The lowest BCUT2D eigenvalue weighted by Gasteiger charge is -2.26. The first-order valence-corrected chi connectivity index (χ1v) is 10.2. The van der Waals surface area contributed by atoms with Crippen LogP contribution in [-0.2, 0) is 9.59 Å². The third kappa shape index (κ3) is 6.90. The van der Waals surface area contributed by atoms with Gasteiger partial charge in [-0.1, -0.05) is 0 Å². The summed E-state index contributed by atoms with van der Waals surface area (Å²) >= 11 is 0. The summed E-state index contributed by atoms with van der Waals surface area (Å²) in [4.78, 5) is 32.4. The lowest BCUT2D eigenvalue weighted by molar-refractivity contribution is -0.139. The van der Waals surface area contributed by atoms with Crippen LogP contribution in [0.1, 0.15) is 38.5 Å². The van der Waals surface area contributed by atoms with Crippen molar-refractivity contribution in [3.63, 3.8) is 0 Å². The fourth-order valence-corrected chi connectivity index (χ4v) is 3.41. The van der Waals surface area contributed by atoms with E-state index >= 15 is 0 Å². The minimum absolute atomic E-state index is 0.206. The molecule has 30 heavy (non-hydrogen) atoms. The number of rotatable bonds is 11. The molecule has 1 fully saturated rings. The van der Waals surface area contributed by atoms with E-state index in [4.69, 9.17) is 21.7 Å². The number of aliphatic imine (C=N–C) groups is 2. The molecule has 5 atom stereocenters. The van der Waals surface area contributed by atoms with Gasteiger partial charge in [0, 0.05) is 26.1 Å². The molecule has 0 saturated carbocycles. The van der Waals surface area contributed by atoms with Crippen LogP contribution >= 0.6 is 0 Å². The van der Waals surface area contributed by atoms with Crippen molar-refractivity contribution in [2.75, 3.05) is 19.6 Å². The SMILES string of the molecule is NC(CCCCN1C[C@@H](O)[C@@H](O)CC2N=C(NCCCC(N)C(=O)O)N=C21)C(=O)O. The van der Waals surface area contributed by atoms with Crippen molar-refractivity contribution in [1.29, 1.82) is 0 Å². The van der Waals surface area contributed by atoms with Gasteiger partial charge in [0.25, 0.3) is 0 Å². The Hall–Kier alpha value is -2.28. The van der Waals surface area contributed by atoms with Crippen molar-refractivity contribution >= 4 is 23.7 Å². The molecule has 0 spiro atoms. The van der Waals surface area contributed by atoms with Gasteiger partial charge >= 0.3 is 11.9 Å². The molecule has 0 bridgehead atoms. The smallest absolute Gasteiger partial charge is 0.320 e. The summed E-state index contributed by atoms with van der Waals surface area (Å²) in [5, 5.41) is 41.1. The number of nitrogens with zero attached hydrogens (tertiary/aromatic N) is 3. The topological polar surface area (TPSA) is 207 Å². The number of carbonyl (C=O) groups is 2. The number of aliphatic hydroxyl groups excluding tert-OH is 2. The molecule has 0 aliphatic carbocycles. The fourth-order valence-electron chi connectivity index (χ4n) is 3.41. The van der Waals surface area contributed by atoms with E-state index in [1.54, 1.807) is 0 Å². The van der Waals surface area contributed by atoms with Gasteiger partial charge in [0.05, 0.1) is 12.2 Å². The largest absolute Gasteiger partial charge is 0.480 e. The molecule has 1 saturated heterocycles. The van der Waals surface area contributed by atoms with Gasteiger partial charge < -0.3 is 42.1 Å². The van der Waals surface area contributed by atoms with Crippen LogP contribution in [0.25, 0.3) is 0 Å². The number of hydrogen-bond acceptors (Lipinski definition) is 10. The Morgan fingerprint density at radius 2 is 1.70 bits per heavy atom. The number of carboxylic acid groups (broad SMARTS) is 2. The van der Waals surface area contributed by atoms with Gasteiger partial charge in [-0.15, -0.1) is 0 Å². The van der Waals surface area contributed by atoms with E-state index in [0.717, 1.165) is 0 Å². The van der Waals surface area contributed by atoms with E-state index < -0.39 is 36.2 Å². The molecule has 2 aliphatic heterocycles. The average Bonchev–Trinajstić information content (AvgIpc) is 3.04. The van der Waals surface area contributed by atoms with Gasteiger partial charge in [-0.05, 0) is 32.1 Å². The van der Waals surface area contributed by atoms with Crippen molar-refractivity contribution in [3.05, 3.63) is 0 Å². The molecule has 12 heteroatoms. The highest BCUT2D eigenvalue weighted by atomic mass is 16.4. The van der Waals surface area contributed by atoms with E-state index in [1.807, 2.05) is 4.90 Å². The highest BCUT2D eigenvalue weighted by molar-refractivity contribution is 6.04. The maximum Gasteiger partial charge on any atom is 0.320 e. The van der Waals surface area contributed by atoms with Gasteiger partial charge in [0.2, 0.25) is 5.96 Å². The summed E-state index contributed by atoms with van der Waals surface area (Å²) in [5.41, 5.74) is 11.0. The van der Waals surface area contributed by atoms with Crippen molar-refractivity contribution in [2.24, 2.45) is 21.5 Å². The number of carboxylic acids is 2. The maximum absolute atomic E-state index is 10.8. The number of guanidine groups is 1. The zero-order valence-electron chi connectivity index (χ0n) is 16.9. The molecule has 0 aromatic heterocycles. The van der Waals surface area contributed by atoms with Crippen molar-refractivity contribution in [2.45, 2.75) is 68.9 Å². The zero-order valence-corrected chi connectivity index (χ0v) is 16.9. The van der Waals surface area contributed by atoms with Crippen LogP contribution < -0.4 is 16.8 Å². The van der Waals surface area contributed by atoms with Crippen molar-refractivity contribution < 1.29 is 30.0 Å². The number of likely N-dealkylation sites (tertiary alicyclic amines) is 1. The highest BCUT2D eigenvalue weighted by Gasteiger charge is 2.36. The summed E-state index contributed by atoms with van der Waals surface area (Å²) in [6.07, 6.45) is 0.872. The Kier molecular flexibility index (Phi) is 8.96. The Bertz CT molecular complexity index is 672. The van der Waals surface area contributed by atoms with E-state index in [9.17, 15) is 19.8 Å². The van der Waals surface area contributed by atoms with Crippen LogP contribution in [0.4, 0.5) is 0 Å². The minimum atomic E-state index is -1.04. The molecule has 0 aromatic carbocycles. The summed E-state index contributed by atoms with van der Waals surface area (Å²) in [5.74, 6) is -1.02. The van der Waals surface area contributed by atoms with Gasteiger partial charge in [0.1, 0.15) is 24.0 Å². The van der Waals surface area contributed by atoms with Gasteiger partial charge in [-0.3, -0.25) is 9.59 Å². The summed E-state index contributed by atoms with van der Waals surface area (Å²) < 4.78 is 0. The summed E-state index contributed by atoms with van der Waals surface area (Å²) in [6.45, 7) is 1.20. The predicted octanol–water partition coefficient (Wildman–Crippen LogP) is -2.09.